The number of aryl methyl sites for hydroxylation is 3. The summed E-state index contributed by atoms with van der Waals surface area (Å²) in [6.07, 6.45) is 1.69. The third-order valence-electron chi connectivity index (χ3n) is 5.26. The van der Waals surface area contributed by atoms with E-state index < -0.39 is 11.2 Å². The van der Waals surface area contributed by atoms with Crippen molar-refractivity contribution >= 4 is 23.3 Å². The van der Waals surface area contributed by atoms with Gasteiger partial charge in [-0.15, -0.1) is 0 Å². The first-order chi connectivity index (χ1) is 14.8. The van der Waals surface area contributed by atoms with Crippen LogP contribution in [-0.4, -0.2) is 24.9 Å². The molecule has 4 aromatic rings. The SMILES string of the molecule is Cc1ccc(C=NNc2nc3c(c(=O)n(C)c(=O)n3C)n2Cc2ccc(C)cc2)cc1. The molecule has 8 nitrogen and oxygen atoms in total. The second-order valence-electron chi connectivity index (χ2n) is 7.67. The van der Waals surface area contributed by atoms with E-state index >= 15 is 0 Å². The van der Waals surface area contributed by atoms with Crippen LogP contribution in [0, 0.1) is 13.8 Å². The highest BCUT2D eigenvalue weighted by Gasteiger charge is 2.19. The molecule has 2 heterocycles. The molecule has 1 N–H and O–H groups in total. The van der Waals surface area contributed by atoms with Crippen LogP contribution in [0.1, 0.15) is 22.3 Å². The number of nitrogens with one attached hydrogen (secondary N) is 1. The molecule has 0 fully saturated rings. The Morgan fingerprint density at radius 3 is 2.19 bits per heavy atom. The summed E-state index contributed by atoms with van der Waals surface area (Å²) in [5.74, 6) is 0.386. The van der Waals surface area contributed by atoms with Crippen molar-refractivity contribution < 1.29 is 0 Å². The van der Waals surface area contributed by atoms with Gasteiger partial charge in [-0.2, -0.15) is 10.1 Å². The summed E-state index contributed by atoms with van der Waals surface area (Å²) in [5.41, 5.74) is 7.05. The molecule has 0 saturated carbocycles. The first-order valence-electron chi connectivity index (χ1n) is 9.92. The minimum Gasteiger partial charge on any atom is -0.298 e. The molecule has 31 heavy (non-hydrogen) atoms. The number of hydrogen-bond donors (Lipinski definition) is 1. The van der Waals surface area contributed by atoms with Crippen LogP contribution in [0.3, 0.4) is 0 Å². The zero-order valence-corrected chi connectivity index (χ0v) is 18.0. The van der Waals surface area contributed by atoms with Crippen molar-refractivity contribution in [2.75, 3.05) is 5.43 Å². The molecule has 0 aliphatic carbocycles. The summed E-state index contributed by atoms with van der Waals surface area (Å²) >= 11 is 0. The van der Waals surface area contributed by atoms with Crippen molar-refractivity contribution in [2.45, 2.75) is 20.4 Å². The molecule has 0 atom stereocenters. The highest BCUT2D eigenvalue weighted by atomic mass is 16.2. The molecule has 0 aliphatic rings. The molecular formula is C23H24N6O2. The lowest BCUT2D eigenvalue weighted by atomic mass is 10.1. The monoisotopic (exact) mass is 416 g/mol. The van der Waals surface area contributed by atoms with Crippen LogP contribution in [0.2, 0.25) is 0 Å². The van der Waals surface area contributed by atoms with E-state index in [0.717, 1.165) is 21.3 Å². The van der Waals surface area contributed by atoms with E-state index in [9.17, 15) is 9.59 Å². The maximum Gasteiger partial charge on any atom is 0.332 e. The molecule has 4 rings (SSSR count). The van der Waals surface area contributed by atoms with E-state index in [-0.39, 0.29) is 0 Å². The molecule has 0 amide bonds. The second kappa shape index (κ2) is 8.06. The van der Waals surface area contributed by atoms with Crippen molar-refractivity contribution in [3.8, 4) is 0 Å². The van der Waals surface area contributed by atoms with Gasteiger partial charge < -0.3 is 0 Å². The smallest absolute Gasteiger partial charge is 0.298 e. The summed E-state index contributed by atoms with van der Waals surface area (Å²) in [6.45, 7) is 4.46. The zero-order chi connectivity index (χ0) is 22.1. The standard InChI is InChI=1S/C23H24N6O2/c1-15-5-9-17(10-6-15)13-24-26-22-25-20-19(21(30)28(4)23(31)27(20)3)29(22)14-18-11-7-16(2)8-12-18/h5-13H,14H2,1-4H3,(H,25,26). The van der Waals surface area contributed by atoms with E-state index in [1.165, 1.54) is 17.2 Å². The van der Waals surface area contributed by atoms with E-state index in [1.54, 1.807) is 17.8 Å². The zero-order valence-electron chi connectivity index (χ0n) is 18.0. The van der Waals surface area contributed by atoms with E-state index in [0.29, 0.717) is 23.7 Å². The average molecular weight is 416 g/mol. The number of nitrogens with zero attached hydrogens (tertiary/aromatic N) is 5. The fourth-order valence-corrected chi connectivity index (χ4v) is 3.38. The molecule has 0 radical (unpaired) electrons. The molecular weight excluding hydrogens is 392 g/mol. The van der Waals surface area contributed by atoms with Crippen molar-refractivity contribution in [3.63, 3.8) is 0 Å². The van der Waals surface area contributed by atoms with Crippen molar-refractivity contribution in [3.05, 3.63) is 91.6 Å². The molecule has 0 aliphatic heterocycles. The summed E-state index contributed by atoms with van der Waals surface area (Å²) < 4.78 is 4.22. The Balaban J connectivity index is 1.80. The largest absolute Gasteiger partial charge is 0.332 e. The van der Waals surface area contributed by atoms with Crippen LogP contribution in [0.15, 0.2) is 63.2 Å². The Morgan fingerprint density at radius 2 is 1.55 bits per heavy atom. The fraction of sp³-hybridized carbons (Fsp3) is 0.217. The lowest BCUT2D eigenvalue weighted by Crippen LogP contribution is -2.37. The Morgan fingerprint density at radius 1 is 0.935 bits per heavy atom. The first-order valence-corrected chi connectivity index (χ1v) is 9.92. The van der Waals surface area contributed by atoms with E-state index in [4.69, 9.17) is 0 Å². The number of imidazole rings is 1. The topological polar surface area (TPSA) is 86.2 Å². The van der Waals surface area contributed by atoms with Gasteiger partial charge in [0.05, 0.1) is 12.8 Å². The Kier molecular flexibility index (Phi) is 5.29. The Labute approximate surface area is 179 Å². The van der Waals surface area contributed by atoms with Gasteiger partial charge >= 0.3 is 5.69 Å². The summed E-state index contributed by atoms with van der Waals surface area (Å²) in [4.78, 5) is 29.8. The van der Waals surface area contributed by atoms with Crippen LogP contribution in [-0.2, 0) is 20.6 Å². The quantitative estimate of drug-likeness (QED) is 0.400. The van der Waals surface area contributed by atoms with E-state index in [2.05, 4.69) is 15.5 Å². The maximum absolute atomic E-state index is 12.9. The number of aromatic nitrogens is 4. The third kappa shape index (κ3) is 3.92. The van der Waals surface area contributed by atoms with Gasteiger partial charge in [-0.3, -0.25) is 18.5 Å². The molecule has 0 bridgehead atoms. The van der Waals surface area contributed by atoms with Gasteiger partial charge in [0.15, 0.2) is 11.2 Å². The second-order valence-corrected chi connectivity index (χ2v) is 7.67. The van der Waals surface area contributed by atoms with Crippen molar-refractivity contribution in [1.82, 2.24) is 18.7 Å². The van der Waals surface area contributed by atoms with Gasteiger partial charge in [-0.25, -0.2) is 10.2 Å². The predicted molar refractivity (Wildman–Crippen MR) is 123 cm³/mol. The molecule has 2 aromatic carbocycles. The van der Waals surface area contributed by atoms with Gasteiger partial charge in [-0.1, -0.05) is 59.7 Å². The van der Waals surface area contributed by atoms with Gasteiger partial charge in [0.25, 0.3) is 5.56 Å². The number of rotatable bonds is 5. The Hall–Kier alpha value is -3.94. The minimum absolute atomic E-state index is 0.313. The minimum atomic E-state index is -0.424. The van der Waals surface area contributed by atoms with Crippen LogP contribution in [0.4, 0.5) is 5.95 Å². The normalized spacial score (nSPS) is 11.5. The highest BCUT2D eigenvalue weighted by molar-refractivity contribution is 5.80. The van der Waals surface area contributed by atoms with Gasteiger partial charge in [-0.05, 0) is 25.0 Å². The van der Waals surface area contributed by atoms with Gasteiger partial charge in [0, 0.05) is 14.1 Å². The average Bonchev–Trinajstić information content (AvgIpc) is 3.12. The van der Waals surface area contributed by atoms with Crippen molar-refractivity contribution in [2.24, 2.45) is 19.2 Å². The van der Waals surface area contributed by atoms with Crippen LogP contribution in [0.5, 0.6) is 0 Å². The number of anilines is 1. The lowest BCUT2D eigenvalue weighted by molar-refractivity contribution is 0.702. The molecule has 2 aromatic heterocycles. The predicted octanol–water partition coefficient (Wildman–Crippen LogP) is 2.54. The molecule has 0 saturated heterocycles. The molecule has 158 valence electrons. The van der Waals surface area contributed by atoms with E-state index in [1.807, 2.05) is 62.4 Å². The Bertz CT molecular complexity index is 1390. The van der Waals surface area contributed by atoms with Crippen LogP contribution in [0.25, 0.3) is 11.2 Å². The third-order valence-corrected chi connectivity index (χ3v) is 5.26. The number of benzene rings is 2. The number of hydrazone groups is 1. The summed E-state index contributed by atoms with van der Waals surface area (Å²) in [7, 11) is 3.07. The molecule has 8 heteroatoms. The fourth-order valence-electron chi connectivity index (χ4n) is 3.38. The maximum atomic E-state index is 12.9. The summed E-state index contributed by atoms with van der Waals surface area (Å²) in [6, 6.07) is 16.0. The number of fused-ring (bicyclic) bond motifs is 1. The molecule has 0 unspecified atom stereocenters. The van der Waals surface area contributed by atoms with Crippen LogP contribution < -0.4 is 16.7 Å². The lowest BCUT2D eigenvalue weighted by Gasteiger charge is -2.09. The highest BCUT2D eigenvalue weighted by Crippen LogP contribution is 2.18. The first kappa shape index (κ1) is 20.3. The van der Waals surface area contributed by atoms with Gasteiger partial charge in [0.1, 0.15) is 0 Å². The molecule has 0 spiro atoms. The van der Waals surface area contributed by atoms with Gasteiger partial charge in [0.2, 0.25) is 5.95 Å². The number of hydrogen-bond acceptors (Lipinski definition) is 5. The van der Waals surface area contributed by atoms with Crippen molar-refractivity contribution in [1.29, 1.82) is 0 Å². The summed E-state index contributed by atoms with van der Waals surface area (Å²) in [5, 5.41) is 4.30. The van der Waals surface area contributed by atoms with Crippen LogP contribution >= 0.6 is 0 Å².